The molecule has 0 amide bonds. The van der Waals surface area contributed by atoms with Gasteiger partial charge in [0.15, 0.2) is 0 Å². The van der Waals surface area contributed by atoms with E-state index in [9.17, 15) is 0 Å². The van der Waals surface area contributed by atoms with Crippen molar-refractivity contribution in [3.63, 3.8) is 0 Å². The van der Waals surface area contributed by atoms with Crippen LogP contribution in [0.15, 0.2) is 60.7 Å². The molecule has 0 bridgehead atoms. The summed E-state index contributed by atoms with van der Waals surface area (Å²) in [6, 6.07) is 21.3. The van der Waals surface area contributed by atoms with Crippen molar-refractivity contribution in [2.45, 2.75) is 87.5 Å². The van der Waals surface area contributed by atoms with Gasteiger partial charge in [-0.1, -0.05) is 143 Å². The quantitative estimate of drug-likeness (QED) is 0.510. The first kappa shape index (κ1) is 28.3. The third kappa shape index (κ3) is 13.4. The zero-order valence-corrected chi connectivity index (χ0v) is 18.7. The largest absolute Gasteiger partial charge is 0.0683 e. The summed E-state index contributed by atoms with van der Waals surface area (Å²) >= 11 is 0. The molecular weight excluding hydrogens is 300 g/mol. The van der Waals surface area contributed by atoms with Crippen molar-refractivity contribution in [1.29, 1.82) is 0 Å². The lowest BCUT2D eigenvalue weighted by Crippen LogP contribution is -2.18. The van der Waals surface area contributed by atoms with E-state index in [1.54, 1.807) is 0 Å². The van der Waals surface area contributed by atoms with E-state index in [1.807, 2.05) is 27.7 Å². The normalized spacial score (nSPS) is 8.72. The van der Waals surface area contributed by atoms with Crippen LogP contribution in [0.5, 0.6) is 0 Å². The first-order valence-electron chi connectivity index (χ1n) is 10.1. The van der Waals surface area contributed by atoms with Gasteiger partial charge in [-0.15, -0.1) is 0 Å². The fourth-order valence-corrected chi connectivity index (χ4v) is 1.88. The van der Waals surface area contributed by atoms with Gasteiger partial charge < -0.3 is 0 Å². The van der Waals surface area contributed by atoms with Crippen molar-refractivity contribution in [2.24, 2.45) is 0 Å². The highest BCUT2D eigenvalue weighted by Gasteiger charge is 2.21. The second-order valence-corrected chi connectivity index (χ2v) is 5.77. The first-order chi connectivity index (χ1) is 12.0. The van der Waals surface area contributed by atoms with Crippen molar-refractivity contribution < 1.29 is 0 Å². The Kier molecular flexibility index (Phi) is 23.1. The Morgan fingerprint density at radius 3 is 0.920 bits per heavy atom. The molecule has 0 heteroatoms. The van der Waals surface area contributed by atoms with E-state index in [-0.39, 0.29) is 5.41 Å². The fraction of sp³-hybridized carbons (Fsp3) is 0.520. The van der Waals surface area contributed by atoms with Crippen LogP contribution in [0.2, 0.25) is 0 Å². The van der Waals surface area contributed by atoms with Gasteiger partial charge in [-0.3, -0.25) is 0 Å². The molecule has 25 heavy (non-hydrogen) atoms. The van der Waals surface area contributed by atoms with Crippen molar-refractivity contribution >= 4 is 0 Å². The molecule has 0 aliphatic carbocycles. The molecule has 2 aromatic rings. The molecule has 2 aromatic carbocycles. The van der Waals surface area contributed by atoms with Crippen LogP contribution >= 0.6 is 0 Å². The summed E-state index contributed by atoms with van der Waals surface area (Å²) in [7, 11) is 0. The van der Waals surface area contributed by atoms with Gasteiger partial charge in [0, 0.05) is 5.41 Å². The average molecular weight is 345 g/mol. The van der Waals surface area contributed by atoms with Crippen molar-refractivity contribution in [2.75, 3.05) is 0 Å². The Labute approximate surface area is 159 Å². The lowest BCUT2D eigenvalue weighted by Gasteiger charge is -2.25. The molecule has 0 aromatic heterocycles. The van der Waals surface area contributed by atoms with Crippen LogP contribution in [0.4, 0.5) is 0 Å². The van der Waals surface area contributed by atoms with Gasteiger partial charge in [0.2, 0.25) is 0 Å². The van der Waals surface area contributed by atoms with Crippen molar-refractivity contribution in [1.82, 2.24) is 0 Å². The number of hydrogen-bond acceptors (Lipinski definition) is 0. The third-order valence-corrected chi connectivity index (χ3v) is 2.99. The predicted octanol–water partition coefficient (Wildman–Crippen LogP) is 8.90. The minimum Gasteiger partial charge on any atom is -0.0683 e. The highest BCUT2D eigenvalue weighted by Crippen LogP contribution is 2.30. The van der Waals surface area contributed by atoms with Gasteiger partial charge in [-0.25, -0.2) is 0 Å². The standard InChI is InChI=1S/C15H16.2C3H8.2C2H6/c1-15(2,13-9-5-3-6-10-13)14-11-7-4-8-12-14;2*1-3-2;2*1-2/h3-12H,1-2H3;2*3H2,1-2H3;2*1-2H3. The topological polar surface area (TPSA) is 0 Å². The van der Waals surface area contributed by atoms with Crippen LogP contribution in [0, 0.1) is 0 Å². The van der Waals surface area contributed by atoms with Crippen molar-refractivity contribution in [3.05, 3.63) is 71.8 Å². The van der Waals surface area contributed by atoms with E-state index in [0.717, 1.165) is 0 Å². The molecule has 0 N–H and O–H groups in total. The van der Waals surface area contributed by atoms with Crippen LogP contribution in [0.1, 0.15) is 93.2 Å². The zero-order chi connectivity index (χ0) is 20.1. The minimum atomic E-state index is 0.0858. The SMILES string of the molecule is CC.CC.CC(C)(c1ccccc1)c1ccccc1.CCC.CCC. The monoisotopic (exact) mass is 344 g/mol. The van der Waals surface area contributed by atoms with Gasteiger partial charge in [-0.05, 0) is 11.1 Å². The maximum Gasteiger partial charge on any atom is 0.0146 e. The lowest BCUT2D eigenvalue weighted by atomic mass is 9.78. The van der Waals surface area contributed by atoms with Gasteiger partial charge >= 0.3 is 0 Å². The minimum absolute atomic E-state index is 0.0858. The lowest BCUT2D eigenvalue weighted by molar-refractivity contribution is 0.641. The van der Waals surface area contributed by atoms with E-state index < -0.39 is 0 Å². The summed E-state index contributed by atoms with van der Waals surface area (Å²) < 4.78 is 0. The van der Waals surface area contributed by atoms with E-state index in [4.69, 9.17) is 0 Å². The van der Waals surface area contributed by atoms with E-state index in [0.29, 0.717) is 0 Å². The molecule has 0 radical (unpaired) electrons. The first-order valence-corrected chi connectivity index (χ1v) is 10.1. The molecule has 0 atom stereocenters. The van der Waals surface area contributed by atoms with Crippen LogP contribution in [0.3, 0.4) is 0 Å². The van der Waals surface area contributed by atoms with Gasteiger partial charge in [0.05, 0.1) is 0 Å². The summed E-state index contributed by atoms with van der Waals surface area (Å²) in [5.41, 5.74) is 2.80. The molecule has 0 saturated carbocycles. The summed E-state index contributed by atoms with van der Waals surface area (Å²) in [6.07, 6.45) is 2.50. The summed E-state index contributed by atoms with van der Waals surface area (Å²) in [6.45, 7) is 21.0. The molecule has 0 spiro atoms. The predicted molar refractivity (Wildman–Crippen MR) is 120 cm³/mol. The Hall–Kier alpha value is -1.56. The van der Waals surface area contributed by atoms with E-state index in [2.05, 4.69) is 102 Å². The van der Waals surface area contributed by atoms with Gasteiger partial charge in [-0.2, -0.15) is 0 Å². The molecule has 0 aliphatic rings. The van der Waals surface area contributed by atoms with Gasteiger partial charge in [0.25, 0.3) is 0 Å². The fourth-order valence-electron chi connectivity index (χ4n) is 1.88. The highest BCUT2D eigenvalue weighted by molar-refractivity contribution is 5.36. The molecule has 0 nitrogen and oxygen atoms in total. The maximum atomic E-state index is 2.26. The van der Waals surface area contributed by atoms with Crippen LogP contribution in [-0.4, -0.2) is 0 Å². The summed E-state index contributed by atoms with van der Waals surface area (Å²) in [5, 5.41) is 0. The zero-order valence-electron chi connectivity index (χ0n) is 18.7. The van der Waals surface area contributed by atoms with Gasteiger partial charge in [0.1, 0.15) is 0 Å². The highest BCUT2D eigenvalue weighted by atomic mass is 14.2. The Morgan fingerprint density at radius 1 is 0.520 bits per heavy atom. The molecule has 0 unspecified atom stereocenters. The Balaban J connectivity index is -0.000000411. The molecule has 0 saturated heterocycles. The number of benzene rings is 2. The molecular formula is C25H44. The molecule has 0 fully saturated rings. The summed E-state index contributed by atoms with van der Waals surface area (Å²) in [4.78, 5) is 0. The second kappa shape index (κ2) is 20.5. The Morgan fingerprint density at radius 2 is 0.720 bits per heavy atom. The molecule has 0 heterocycles. The average Bonchev–Trinajstić information content (AvgIpc) is 2.68. The molecule has 0 aliphatic heterocycles. The molecule has 144 valence electrons. The second-order valence-electron chi connectivity index (χ2n) is 5.77. The smallest absolute Gasteiger partial charge is 0.0146 e. The summed E-state index contributed by atoms with van der Waals surface area (Å²) in [5.74, 6) is 0. The van der Waals surface area contributed by atoms with Crippen LogP contribution < -0.4 is 0 Å². The molecule has 2 rings (SSSR count). The number of rotatable bonds is 2. The van der Waals surface area contributed by atoms with Crippen molar-refractivity contribution in [3.8, 4) is 0 Å². The maximum absolute atomic E-state index is 2.26. The number of hydrogen-bond donors (Lipinski definition) is 0. The van der Waals surface area contributed by atoms with E-state index >= 15 is 0 Å². The third-order valence-electron chi connectivity index (χ3n) is 2.99. The Bertz CT molecular complexity index is 396. The van der Waals surface area contributed by atoms with Crippen LogP contribution in [-0.2, 0) is 5.41 Å². The van der Waals surface area contributed by atoms with Crippen LogP contribution in [0.25, 0.3) is 0 Å². The van der Waals surface area contributed by atoms with E-state index in [1.165, 1.54) is 24.0 Å².